The average Bonchev–Trinajstić information content (AvgIpc) is 2.82. The van der Waals surface area contributed by atoms with Crippen molar-refractivity contribution >= 4 is 5.91 Å². The van der Waals surface area contributed by atoms with Gasteiger partial charge >= 0.3 is 0 Å². The molecule has 1 N–H and O–H groups in total. The van der Waals surface area contributed by atoms with Gasteiger partial charge in [-0.1, -0.05) is 58.7 Å². The molecule has 1 fully saturated rings. The Morgan fingerprint density at radius 3 is 2.71 bits per heavy atom. The molecule has 3 nitrogen and oxygen atoms in total. The normalized spacial score (nSPS) is 30.0. The Kier molecular flexibility index (Phi) is 5.29. The molecular weight excluding hydrogens is 296 g/mol. The molecule has 1 amide bonds. The van der Waals surface area contributed by atoms with Crippen molar-refractivity contribution in [1.29, 1.82) is 0 Å². The van der Waals surface area contributed by atoms with E-state index < -0.39 is 0 Å². The standard InChI is InChI=1S/C21H32N2O/c1-14(2)12-13-23-20(17-9-5-6-10-18(17)21(23)24)22-19-11-7-8-15(3)16(19)4/h5-6,9-10,14-16,19-20,22H,7-8,11-13H2,1-4H3/t15-,16+,19+,20+/m0/s1. The number of hydrogen-bond donors (Lipinski definition) is 1. The lowest BCUT2D eigenvalue weighted by Crippen LogP contribution is -2.47. The summed E-state index contributed by atoms with van der Waals surface area (Å²) in [6, 6.07) is 8.63. The lowest BCUT2D eigenvalue weighted by atomic mass is 9.78. The summed E-state index contributed by atoms with van der Waals surface area (Å²) >= 11 is 0. The van der Waals surface area contributed by atoms with Gasteiger partial charge in [-0.15, -0.1) is 0 Å². The lowest BCUT2D eigenvalue weighted by molar-refractivity contribution is 0.0632. The Morgan fingerprint density at radius 2 is 1.96 bits per heavy atom. The maximum absolute atomic E-state index is 12.9. The Balaban J connectivity index is 1.82. The van der Waals surface area contributed by atoms with E-state index in [9.17, 15) is 4.79 Å². The zero-order chi connectivity index (χ0) is 17.3. The molecule has 1 aliphatic heterocycles. The number of rotatable bonds is 5. The topological polar surface area (TPSA) is 32.3 Å². The first kappa shape index (κ1) is 17.5. The Bertz CT molecular complexity index is 583. The van der Waals surface area contributed by atoms with E-state index in [4.69, 9.17) is 0 Å². The van der Waals surface area contributed by atoms with Crippen molar-refractivity contribution in [2.75, 3.05) is 6.54 Å². The highest BCUT2D eigenvalue weighted by atomic mass is 16.2. The Hall–Kier alpha value is -1.35. The third-order valence-electron chi connectivity index (χ3n) is 6.08. The maximum Gasteiger partial charge on any atom is 0.255 e. The molecule has 3 rings (SSSR count). The van der Waals surface area contributed by atoms with Crippen LogP contribution in [-0.4, -0.2) is 23.4 Å². The molecule has 0 spiro atoms. The number of fused-ring (bicyclic) bond motifs is 1. The third-order valence-corrected chi connectivity index (χ3v) is 6.08. The van der Waals surface area contributed by atoms with Crippen molar-refractivity contribution < 1.29 is 4.79 Å². The number of amides is 1. The van der Waals surface area contributed by atoms with Crippen LogP contribution in [0.3, 0.4) is 0 Å². The van der Waals surface area contributed by atoms with Crippen LogP contribution >= 0.6 is 0 Å². The van der Waals surface area contributed by atoms with E-state index in [1.807, 2.05) is 12.1 Å². The second-order valence-electron chi connectivity index (χ2n) is 8.21. The highest BCUT2D eigenvalue weighted by molar-refractivity contribution is 5.99. The highest BCUT2D eigenvalue weighted by Crippen LogP contribution is 2.36. The zero-order valence-electron chi connectivity index (χ0n) is 15.6. The summed E-state index contributed by atoms with van der Waals surface area (Å²) in [5, 5.41) is 3.86. The van der Waals surface area contributed by atoms with Crippen LogP contribution in [0.5, 0.6) is 0 Å². The second kappa shape index (κ2) is 7.26. The van der Waals surface area contributed by atoms with Crippen LogP contribution in [0.4, 0.5) is 0 Å². The van der Waals surface area contributed by atoms with Crippen LogP contribution < -0.4 is 5.32 Å². The smallest absolute Gasteiger partial charge is 0.255 e. The Morgan fingerprint density at radius 1 is 1.21 bits per heavy atom. The first-order valence-corrected chi connectivity index (χ1v) is 9.65. The van der Waals surface area contributed by atoms with E-state index in [1.54, 1.807) is 0 Å². The first-order valence-electron chi connectivity index (χ1n) is 9.65. The van der Waals surface area contributed by atoms with E-state index in [-0.39, 0.29) is 12.1 Å². The van der Waals surface area contributed by atoms with Crippen LogP contribution in [-0.2, 0) is 0 Å². The number of nitrogens with zero attached hydrogens (tertiary/aromatic N) is 1. The van der Waals surface area contributed by atoms with E-state index in [0.717, 1.165) is 30.0 Å². The SMILES string of the molecule is CC(C)CCN1C(=O)c2ccccc2[C@@H]1N[C@@H]1CCC[C@H](C)[C@H]1C. The molecule has 0 saturated heterocycles. The summed E-state index contributed by atoms with van der Waals surface area (Å²) in [4.78, 5) is 15.0. The van der Waals surface area contributed by atoms with Gasteiger partial charge in [0.05, 0.1) is 0 Å². The van der Waals surface area contributed by atoms with Gasteiger partial charge in [-0.3, -0.25) is 10.1 Å². The van der Waals surface area contributed by atoms with E-state index in [0.29, 0.717) is 17.9 Å². The molecule has 1 aromatic rings. The third kappa shape index (κ3) is 3.37. The van der Waals surface area contributed by atoms with Gasteiger partial charge in [0, 0.05) is 23.7 Å². The number of carbonyl (C=O) groups excluding carboxylic acids is 1. The number of benzene rings is 1. The molecule has 2 aliphatic rings. The molecule has 4 atom stereocenters. The maximum atomic E-state index is 12.9. The van der Waals surface area contributed by atoms with E-state index >= 15 is 0 Å². The van der Waals surface area contributed by atoms with Crippen LogP contribution in [0.2, 0.25) is 0 Å². The fourth-order valence-corrected chi connectivity index (χ4v) is 4.20. The monoisotopic (exact) mass is 328 g/mol. The number of carbonyl (C=O) groups is 1. The minimum Gasteiger partial charge on any atom is -0.319 e. The largest absolute Gasteiger partial charge is 0.319 e. The quantitative estimate of drug-likeness (QED) is 0.856. The predicted molar refractivity (Wildman–Crippen MR) is 98.8 cm³/mol. The summed E-state index contributed by atoms with van der Waals surface area (Å²) in [6.07, 6.45) is 4.93. The summed E-state index contributed by atoms with van der Waals surface area (Å²) < 4.78 is 0. The second-order valence-corrected chi connectivity index (χ2v) is 8.21. The van der Waals surface area contributed by atoms with Crippen molar-refractivity contribution in [3.05, 3.63) is 35.4 Å². The molecule has 1 heterocycles. The van der Waals surface area contributed by atoms with Gasteiger partial charge in [0.1, 0.15) is 6.17 Å². The molecule has 0 radical (unpaired) electrons. The minimum absolute atomic E-state index is 0.0465. The lowest BCUT2D eigenvalue weighted by Gasteiger charge is -2.38. The van der Waals surface area contributed by atoms with Gasteiger partial charge in [-0.25, -0.2) is 0 Å². The van der Waals surface area contributed by atoms with Gasteiger partial charge in [-0.05, 0) is 36.7 Å². The van der Waals surface area contributed by atoms with Crippen LogP contribution in [0, 0.1) is 17.8 Å². The van der Waals surface area contributed by atoms with Crippen molar-refractivity contribution in [1.82, 2.24) is 10.2 Å². The highest BCUT2D eigenvalue weighted by Gasteiger charge is 2.39. The minimum atomic E-state index is 0.0465. The first-order chi connectivity index (χ1) is 11.5. The van der Waals surface area contributed by atoms with Crippen molar-refractivity contribution in [3.63, 3.8) is 0 Å². The Labute approximate surface area is 146 Å². The molecule has 1 aromatic carbocycles. The fourth-order valence-electron chi connectivity index (χ4n) is 4.20. The molecule has 1 saturated carbocycles. The number of nitrogens with one attached hydrogen (secondary N) is 1. The van der Waals surface area contributed by atoms with Gasteiger partial charge in [0.2, 0.25) is 0 Å². The summed E-state index contributed by atoms with van der Waals surface area (Å²) in [5.41, 5.74) is 2.05. The van der Waals surface area contributed by atoms with Crippen LogP contribution in [0.25, 0.3) is 0 Å². The molecule has 3 heteroatoms. The summed E-state index contributed by atoms with van der Waals surface area (Å²) in [7, 11) is 0. The van der Waals surface area contributed by atoms with Gasteiger partial charge in [0.15, 0.2) is 0 Å². The van der Waals surface area contributed by atoms with Gasteiger partial charge < -0.3 is 4.90 Å². The molecule has 132 valence electrons. The molecule has 1 aliphatic carbocycles. The van der Waals surface area contributed by atoms with Crippen LogP contribution in [0.15, 0.2) is 24.3 Å². The fraction of sp³-hybridized carbons (Fsp3) is 0.667. The average molecular weight is 329 g/mol. The van der Waals surface area contributed by atoms with Crippen molar-refractivity contribution in [2.24, 2.45) is 17.8 Å². The van der Waals surface area contributed by atoms with E-state index in [2.05, 4.69) is 50.0 Å². The van der Waals surface area contributed by atoms with Gasteiger partial charge in [-0.2, -0.15) is 0 Å². The molecule has 0 bridgehead atoms. The van der Waals surface area contributed by atoms with Crippen molar-refractivity contribution in [3.8, 4) is 0 Å². The van der Waals surface area contributed by atoms with Crippen molar-refractivity contribution in [2.45, 2.75) is 65.6 Å². The number of hydrogen-bond acceptors (Lipinski definition) is 2. The van der Waals surface area contributed by atoms with Crippen LogP contribution in [0.1, 0.15) is 75.5 Å². The molecule has 0 unspecified atom stereocenters. The molecule has 24 heavy (non-hydrogen) atoms. The summed E-state index contributed by atoms with van der Waals surface area (Å²) in [6.45, 7) is 10.0. The molecular formula is C21H32N2O. The summed E-state index contributed by atoms with van der Waals surface area (Å²) in [5.74, 6) is 2.22. The molecule has 0 aromatic heterocycles. The van der Waals surface area contributed by atoms with E-state index in [1.165, 1.54) is 19.3 Å². The predicted octanol–water partition coefficient (Wildman–Crippen LogP) is 4.60. The van der Waals surface area contributed by atoms with Gasteiger partial charge in [0.25, 0.3) is 5.91 Å². The zero-order valence-corrected chi connectivity index (χ0v) is 15.6.